The molecule has 1 atom stereocenters. The molecule has 4 heteroatoms. The fourth-order valence-corrected chi connectivity index (χ4v) is 6.26. The number of hydrogen-bond acceptors (Lipinski definition) is 4. The fourth-order valence-electron chi connectivity index (χ4n) is 6.26. The van der Waals surface area contributed by atoms with E-state index in [2.05, 4.69) is 77.1 Å². The van der Waals surface area contributed by atoms with E-state index in [-0.39, 0.29) is 17.5 Å². The van der Waals surface area contributed by atoms with E-state index >= 15 is 0 Å². The van der Waals surface area contributed by atoms with Gasteiger partial charge in [0, 0.05) is 11.8 Å². The molecule has 1 aliphatic carbocycles. The zero-order valence-electron chi connectivity index (χ0n) is 23.4. The number of rotatable bonds is 9. The van der Waals surface area contributed by atoms with Gasteiger partial charge in [0.1, 0.15) is 18.5 Å². The monoisotopic (exact) mass is 504 g/mol. The van der Waals surface area contributed by atoms with Crippen molar-refractivity contribution in [1.82, 2.24) is 0 Å². The Morgan fingerprint density at radius 1 is 1.05 bits per heavy atom. The highest BCUT2D eigenvalue weighted by Gasteiger charge is 2.33. The number of esters is 1. The van der Waals surface area contributed by atoms with Crippen molar-refractivity contribution in [3.63, 3.8) is 0 Å². The maximum absolute atomic E-state index is 11.4. The summed E-state index contributed by atoms with van der Waals surface area (Å²) in [6.45, 7) is 11.3. The number of benzene rings is 2. The van der Waals surface area contributed by atoms with Crippen LogP contribution in [0.2, 0.25) is 0 Å². The van der Waals surface area contributed by atoms with Crippen LogP contribution < -0.4 is 4.74 Å². The van der Waals surface area contributed by atoms with Gasteiger partial charge >= 0.3 is 5.97 Å². The minimum atomic E-state index is -0.652. The SMILES string of the molecule is CCC(CC)(c1ccc(/C=C(\C)C2(O)CCCCC2)c(C)c1)c1ccc(OC[C@@H]2CCC(=O)O2)c(C)c1. The summed E-state index contributed by atoms with van der Waals surface area (Å²) in [6, 6.07) is 13.4. The Balaban J connectivity index is 1.57. The Morgan fingerprint density at radius 2 is 1.70 bits per heavy atom. The summed E-state index contributed by atoms with van der Waals surface area (Å²) in [5, 5.41) is 11.2. The molecule has 1 heterocycles. The van der Waals surface area contributed by atoms with Gasteiger partial charge in [0.25, 0.3) is 0 Å². The Labute approximate surface area is 223 Å². The molecule has 4 rings (SSSR count). The molecule has 0 unspecified atom stereocenters. The van der Waals surface area contributed by atoms with Gasteiger partial charge in [0.05, 0.1) is 5.60 Å². The molecule has 0 bridgehead atoms. The normalized spacial score (nSPS) is 20.1. The molecule has 2 aliphatic rings. The van der Waals surface area contributed by atoms with E-state index in [0.717, 1.165) is 61.8 Å². The van der Waals surface area contributed by atoms with Crippen LogP contribution in [0.5, 0.6) is 5.75 Å². The Bertz CT molecular complexity index is 1140. The second-order valence-electron chi connectivity index (χ2n) is 11.2. The summed E-state index contributed by atoms with van der Waals surface area (Å²) in [6.07, 6.45) is 10.4. The minimum absolute atomic E-state index is 0.0894. The molecule has 200 valence electrons. The molecule has 0 aromatic heterocycles. The van der Waals surface area contributed by atoms with Gasteiger partial charge in [-0.05, 0) is 92.3 Å². The second-order valence-corrected chi connectivity index (χ2v) is 11.2. The lowest BCUT2D eigenvalue weighted by Crippen LogP contribution is -2.32. The highest BCUT2D eigenvalue weighted by molar-refractivity contribution is 5.71. The van der Waals surface area contributed by atoms with Crippen molar-refractivity contribution in [2.75, 3.05) is 6.61 Å². The molecular formula is C33H44O4. The maximum atomic E-state index is 11.4. The summed E-state index contributed by atoms with van der Waals surface area (Å²) in [5.74, 6) is 0.716. The first-order valence-corrected chi connectivity index (χ1v) is 14.2. The van der Waals surface area contributed by atoms with Crippen molar-refractivity contribution in [2.24, 2.45) is 0 Å². The number of hydrogen-bond donors (Lipinski definition) is 1. The first-order chi connectivity index (χ1) is 17.7. The van der Waals surface area contributed by atoms with E-state index in [1.807, 2.05) is 0 Å². The van der Waals surface area contributed by atoms with Gasteiger partial charge in [-0.3, -0.25) is 4.79 Å². The zero-order valence-corrected chi connectivity index (χ0v) is 23.4. The predicted molar refractivity (Wildman–Crippen MR) is 150 cm³/mol. The summed E-state index contributed by atoms with van der Waals surface area (Å²) in [7, 11) is 0. The molecule has 0 spiro atoms. The first kappa shape index (κ1) is 27.4. The molecule has 0 amide bonds. The Morgan fingerprint density at radius 3 is 2.27 bits per heavy atom. The van der Waals surface area contributed by atoms with Crippen molar-refractivity contribution in [2.45, 2.75) is 110 Å². The van der Waals surface area contributed by atoms with Crippen LogP contribution in [0, 0.1) is 13.8 Å². The van der Waals surface area contributed by atoms with E-state index in [4.69, 9.17) is 9.47 Å². The molecule has 2 aromatic rings. The van der Waals surface area contributed by atoms with Crippen LogP contribution in [-0.4, -0.2) is 29.4 Å². The van der Waals surface area contributed by atoms with Crippen LogP contribution >= 0.6 is 0 Å². The molecule has 1 N–H and O–H groups in total. The third-order valence-corrected chi connectivity index (χ3v) is 8.94. The molecule has 0 radical (unpaired) electrons. The predicted octanol–water partition coefficient (Wildman–Crippen LogP) is 7.59. The largest absolute Gasteiger partial charge is 0.489 e. The fraction of sp³-hybridized carbons (Fsp3) is 0.545. The summed E-state index contributed by atoms with van der Waals surface area (Å²) in [4.78, 5) is 11.4. The summed E-state index contributed by atoms with van der Waals surface area (Å²) >= 11 is 0. The highest BCUT2D eigenvalue weighted by atomic mass is 16.6. The van der Waals surface area contributed by atoms with Gasteiger partial charge < -0.3 is 14.6 Å². The van der Waals surface area contributed by atoms with Crippen LogP contribution in [0.25, 0.3) is 6.08 Å². The van der Waals surface area contributed by atoms with Gasteiger partial charge in [-0.1, -0.05) is 69.5 Å². The molecular weight excluding hydrogens is 460 g/mol. The molecule has 1 aliphatic heterocycles. The van der Waals surface area contributed by atoms with E-state index in [9.17, 15) is 9.90 Å². The van der Waals surface area contributed by atoms with Gasteiger partial charge in [0.15, 0.2) is 0 Å². The smallest absolute Gasteiger partial charge is 0.306 e. The van der Waals surface area contributed by atoms with Gasteiger partial charge in [-0.25, -0.2) is 0 Å². The van der Waals surface area contributed by atoms with Crippen LogP contribution in [0.1, 0.15) is 106 Å². The number of carbonyl (C=O) groups excluding carboxylic acids is 1. The van der Waals surface area contributed by atoms with Crippen molar-refractivity contribution < 1.29 is 19.4 Å². The molecule has 4 nitrogen and oxygen atoms in total. The lowest BCUT2D eigenvalue weighted by atomic mass is 9.69. The topological polar surface area (TPSA) is 55.8 Å². The summed E-state index contributed by atoms with van der Waals surface area (Å²) in [5.41, 5.74) is 6.49. The number of aliphatic hydroxyl groups is 1. The van der Waals surface area contributed by atoms with Crippen LogP contribution in [0.15, 0.2) is 42.0 Å². The van der Waals surface area contributed by atoms with Crippen LogP contribution in [-0.2, 0) is 14.9 Å². The van der Waals surface area contributed by atoms with E-state index in [1.54, 1.807) is 0 Å². The zero-order chi connectivity index (χ0) is 26.6. The van der Waals surface area contributed by atoms with Crippen LogP contribution in [0.4, 0.5) is 0 Å². The number of ether oxygens (including phenoxy) is 2. The van der Waals surface area contributed by atoms with E-state index in [1.165, 1.54) is 28.7 Å². The third-order valence-electron chi connectivity index (χ3n) is 8.94. The van der Waals surface area contributed by atoms with Crippen LogP contribution in [0.3, 0.4) is 0 Å². The molecule has 1 saturated carbocycles. The molecule has 2 fully saturated rings. The van der Waals surface area contributed by atoms with Crippen molar-refractivity contribution >= 4 is 12.0 Å². The maximum Gasteiger partial charge on any atom is 0.306 e. The average Bonchev–Trinajstić information content (AvgIpc) is 3.31. The van der Waals surface area contributed by atoms with Gasteiger partial charge in [-0.2, -0.15) is 0 Å². The van der Waals surface area contributed by atoms with Crippen molar-refractivity contribution in [3.8, 4) is 5.75 Å². The van der Waals surface area contributed by atoms with Gasteiger partial charge in [0.2, 0.25) is 0 Å². The quantitative estimate of drug-likeness (QED) is 0.357. The number of cyclic esters (lactones) is 1. The number of aryl methyl sites for hydroxylation is 2. The molecule has 2 aromatic carbocycles. The van der Waals surface area contributed by atoms with E-state index < -0.39 is 5.60 Å². The lowest BCUT2D eigenvalue weighted by molar-refractivity contribution is -0.142. The average molecular weight is 505 g/mol. The van der Waals surface area contributed by atoms with Crippen molar-refractivity contribution in [3.05, 3.63) is 69.8 Å². The first-order valence-electron chi connectivity index (χ1n) is 14.2. The second kappa shape index (κ2) is 11.4. The highest BCUT2D eigenvalue weighted by Crippen LogP contribution is 2.41. The number of carbonyl (C=O) groups is 1. The van der Waals surface area contributed by atoms with E-state index in [0.29, 0.717) is 13.0 Å². The Kier molecular flexibility index (Phi) is 8.48. The van der Waals surface area contributed by atoms with Gasteiger partial charge in [-0.15, -0.1) is 0 Å². The standard InChI is InChI=1S/C33H44O4/c1-6-32(7-2,28-13-15-30(24(4)20-28)36-22-29-14-16-31(34)37-29)27-12-11-26(23(3)19-27)21-25(5)33(35)17-9-8-10-18-33/h11-13,15,19-21,29,35H,6-10,14,16-18,22H2,1-5H3/b25-21+/t29-/m0/s1. The molecule has 37 heavy (non-hydrogen) atoms. The molecule has 1 saturated heterocycles. The Hall–Kier alpha value is -2.59. The lowest BCUT2D eigenvalue weighted by Gasteiger charge is -2.35. The van der Waals surface area contributed by atoms with Crippen molar-refractivity contribution in [1.29, 1.82) is 0 Å². The summed E-state index contributed by atoms with van der Waals surface area (Å²) < 4.78 is 11.3. The third kappa shape index (κ3) is 5.80. The minimum Gasteiger partial charge on any atom is -0.489 e.